The summed E-state index contributed by atoms with van der Waals surface area (Å²) < 4.78 is 15.9. The van der Waals surface area contributed by atoms with E-state index < -0.39 is 23.5 Å². The second-order valence-electron chi connectivity index (χ2n) is 6.11. The summed E-state index contributed by atoms with van der Waals surface area (Å²) in [5, 5.41) is 12.7. The number of carbonyl (C=O) groups excluding carboxylic acids is 2. The zero-order valence-corrected chi connectivity index (χ0v) is 16.3. The fourth-order valence-electron chi connectivity index (χ4n) is 3.21. The van der Waals surface area contributed by atoms with Crippen molar-refractivity contribution in [1.29, 1.82) is 0 Å². The molecule has 0 unspecified atom stereocenters. The van der Waals surface area contributed by atoms with E-state index in [1.807, 2.05) is 0 Å². The number of rotatable bonds is 6. The molecule has 0 aliphatic carbocycles. The van der Waals surface area contributed by atoms with Crippen LogP contribution in [0.2, 0.25) is 0 Å². The molecule has 1 aliphatic heterocycles. The predicted molar refractivity (Wildman–Crippen MR) is 105 cm³/mol. The van der Waals surface area contributed by atoms with Gasteiger partial charge in [0.05, 0.1) is 32.1 Å². The van der Waals surface area contributed by atoms with Crippen LogP contribution in [0.1, 0.15) is 22.2 Å². The molecule has 29 heavy (non-hydrogen) atoms. The van der Waals surface area contributed by atoms with Crippen LogP contribution >= 0.6 is 11.3 Å². The van der Waals surface area contributed by atoms with Crippen molar-refractivity contribution in [2.75, 3.05) is 19.1 Å². The fourth-order valence-corrected chi connectivity index (χ4v) is 3.88. The van der Waals surface area contributed by atoms with Gasteiger partial charge in [-0.15, -0.1) is 11.3 Å². The Morgan fingerprint density at radius 1 is 1.24 bits per heavy atom. The number of nitrogens with zero attached hydrogens (tertiary/aromatic N) is 2. The number of amides is 1. The monoisotopic (exact) mass is 412 g/mol. The number of aliphatic hydroxyl groups is 1. The lowest BCUT2D eigenvalue weighted by Gasteiger charge is -2.25. The first-order valence-electron chi connectivity index (χ1n) is 8.52. The van der Waals surface area contributed by atoms with E-state index >= 15 is 0 Å². The summed E-state index contributed by atoms with van der Waals surface area (Å²) >= 11 is 1.21. The number of Topliss-reactive ketones (excluding diaryl/α,β-unsaturated/α-hetero) is 1. The average molecular weight is 412 g/mol. The minimum absolute atomic E-state index is 0.0141. The molecule has 3 heterocycles. The number of hydrogen-bond acceptors (Lipinski definition) is 8. The zero-order chi connectivity index (χ0) is 20.5. The van der Waals surface area contributed by atoms with Gasteiger partial charge in [-0.05, 0) is 29.8 Å². The number of anilines is 1. The molecule has 0 saturated heterocycles. The summed E-state index contributed by atoms with van der Waals surface area (Å²) in [4.78, 5) is 31.5. The van der Waals surface area contributed by atoms with Crippen LogP contribution < -0.4 is 14.4 Å². The smallest absolute Gasteiger partial charge is 0.296 e. The van der Waals surface area contributed by atoms with Crippen LogP contribution in [-0.4, -0.2) is 36.0 Å². The molecule has 1 aromatic carbocycles. The van der Waals surface area contributed by atoms with E-state index in [0.29, 0.717) is 22.2 Å². The van der Waals surface area contributed by atoms with Crippen LogP contribution in [0.4, 0.5) is 5.13 Å². The highest BCUT2D eigenvalue weighted by atomic mass is 32.1. The molecule has 1 amide bonds. The van der Waals surface area contributed by atoms with E-state index in [4.69, 9.17) is 13.9 Å². The van der Waals surface area contributed by atoms with Gasteiger partial charge in [-0.2, -0.15) is 0 Å². The number of benzene rings is 1. The molecule has 4 rings (SSSR count). The zero-order valence-electron chi connectivity index (χ0n) is 15.5. The summed E-state index contributed by atoms with van der Waals surface area (Å²) in [6.45, 7) is 0. The Bertz CT molecular complexity index is 1070. The van der Waals surface area contributed by atoms with Crippen LogP contribution in [0.5, 0.6) is 11.5 Å². The maximum Gasteiger partial charge on any atom is 0.296 e. The minimum Gasteiger partial charge on any atom is -0.503 e. The van der Waals surface area contributed by atoms with Crippen molar-refractivity contribution < 1.29 is 28.6 Å². The molecule has 0 fully saturated rings. The van der Waals surface area contributed by atoms with Gasteiger partial charge >= 0.3 is 0 Å². The molecule has 0 radical (unpaired) electrons. The van der Waals surface area contributed by atoms with Gasteiger partial charge in [0.15, 0.2) is 16.7 Å². The van der Waals surface area contributed by atoms with E-state index in [1.54, 1.807) is 35.8 Å². The number of thiazole rings is 1. The number of carbonyl (C=O) groups is 2. The quantitative estimate of drug-likeness (QED) is 0.618. The Kier molecular flexibility index (Phi) is 4.81. The van der Waals surface area contributed by atoms with Crippen LogP contribution in [0.15, 0.2) is 63.9 Å². The Labute approximate surface area is 169 Å². The summed E-state index contributed by atoms with van der Waals surface area (Å²) in [5.74, 6) is -0.994. The van der Waals surface area contributed by atoms with E-state index in [2.05, 4.69) is 4.98 Å². The summed E-state index contributed by atoms with van der Waals surface area (Å²) in [5.41, 5.74) is 0.416. The topological polar surface area (TPSA) is 102 Å². The lowest BCUT2D eigenvalue weighted by atomic mass is 9.95. The normalized spacial score (nSPS) is 16.4. The third-order valence-electron chi connectivity index (χ3n) is 4.51. The Morgan fingerprint density at radius 2 is 1.97 bits per heavy atom. The SMILES string of the molecule is COc1cc(OC)cc([C@H]2C(C(=O)c3ccco3)=C(O)C(=O)N2c2nccs2)c1. The van der Waals surface area contributed by atoms with Crippen LogP contribution in [0.3, 0.4) is 0 Å². The number of aromatic nitrogens is 1. The molecular weight excluding hydrogens is 396 g/mol. The fraction of sp³-hybridized carbons (Fsp3) is 0.150. The van der Waals surface area contributed by atoms with E-state index in [0.717, 1.165) is 0 Å². The first-order valence-corrected chi connectivity index (χ1v) is 9.40. The van der Waals surface area contributed by atoms with E-state index in [-0.39, 0.29) is 11.3 Å². The predicted octanol–water partition coefficient (Wildman–Crippen LogP) is 3.54. The third kappa shape index (κ3) is 3.15. The van der Waals surface area contributed by atoms with Crippen LogP contribution in [0, 0.1) is 0 Å². The second-order valence-corrected chi connectivity index (χ2v) is 6.98. The third-order valence-corrected chi connectivity index (χ3v) is 5.28. The van der Waals surface area contributed by atoms with Crippen LogP contribution in [-0.2, 0) is 4.79 Å². The standard InChI is InChI=1S/C20H16N2O6S/c1-26-12-8-11(9-13(10-12)27-2)16-15(17(23)14-4-3-6-28-14)18(24)19(25)22(16)20-21-5-7-29-20/h3-10,16,24H,1-2H3/t16-/m0/s1. The molecule has 2 aromatic heterocycles. The van der Waals surface area contributed by atoms with Gasteiger partial charge in [-0.25, -0.2) is 4.98 Å². The van der Waals surface area contributed by atoms with Crippen molar-refractivity contribution in [2.24, 2.45) is 0 Å². The van der Waals surface area contributed by atoms with Gasteiger partial charge in [-0.3, -0.25) is 14.5 Å². The average Bonchev–Trinajstić information content (AvgIpc) is 3.49. The number of ether oxygens (including phenoxy) is 2. The molecule has 8 nitrogen and oxygen atoms in total. The molecule has 148 valence electrons. The van der Waals surface area contributed by atoms with Gasteiger partial charge < -0.3 is 19.0 Å². The van der Waals surface area contributed by atoms with Gasteiger partial charge in [0.25, 0.3) is 5.91 Å². The maximum absolute atomic E-state index is 13.1. The molecule has 1 atom stereocenters. The molecule has 0 saturated carbocycles. The van der Waals surface area contributed by atoms with Crippen molar-refractivity contribution in [2.45, 2.75) is 6.04 Å². The Hall–Kier alpha value is -3.59. The molecule has 0 bridgehead atoms. The Morgan fingerprint density at radius 3 is 2.52 bits per heavy atom. The lowest BCUT2D eigenvalue weighted by Crippen LogP contribution is -2.31. The molecule has 3 aromatic rings. The van der Waals surface area contributed by atoms with E-state index in [1.165, 1.54) is 42.8 Å². The van der Waals surface area contributed by atoms with Gasteiger partial charge in [-0.1, -0.05) is 0 Å². The molecule has 9 heteroatoms. The lowest BCUT2D eigenvalue weighted by molar-refractivity contribution is -0.117. The Balaban J connectivity index is 1.91. The van der Waals surface area contributed by atoms with Crippen molar-refractivity contribution >= 4 is 28.2 Å². The summed E-state index contributed by atoms with van der Waals surface area (Å²) in [6.07, 6.45) is 2.89. The van der Waals surface area contributed by atoms with E-state index in [9.17, 15) is 14.7 Å². The van der Waals surface area contributed by atoms with Crippen molar-refractivity contribution in [3.05, 3.63) is 70.8 Å². The largest absolute Gasteiger partial charge is 0.503 e. The molecule has 0 spiro atoms. The molecule has 1 N–H and O–H groups in total. The minimum atomic E-state index is -0.935. The highest BCUT2D eigenvalue weighted by molar-refractivity contribution is 7.13. The summed E-state index contributed by atoms with van der Waals surface area (Å²) in [7, 11) is 3.00. The molecular formula is C20H16N2O6S. The van der Waals surface area contributed by atoms with Crippen LogP contribution in [0.25, 0.3) is 0 Å². The van der Waals surface area contributed by atoms with Crippen molar-refractivity contribution in [3.63, 3.8) is 0 Å². The first kappa shape index (κ1) is 18.8. The van der Waals surface area contributed by atoms with Crippen molar-refractivity contribution in [3.8, 4) is 11.5 Å². The second kappa shape index (κ2) is 7.44. The van der Waals surface area contributed by atoms with Gasteiger partial charge in [0.1, 0.15) is 11.5 Å². The number of methoxy groups -OCH3 is 2. The number of ketones is 1. The first-order chi connectivity index (χ1) is 14.0. The maximum atomic E-state index is 13.1. The molecule has 1 aliphatic rings. The summed E-state index contributed by atoms with van der Waals surface area (Å²) in [6, 6.07) is 7.12. The number of aliphatic hydroxyl groups excluding tert-OH is 1. The highest BCUT2D eigenvalue weighted by Gasteiger charge is 2.46. The van der Waals surface area contributed by atoms with Crippen molar-refractivity contribution in [1.82, 2.24) is 4.98 Å². The number of furan rings is 1. The van der Waals surface area contributed by atoms with Gasteiger partial charge in [0, 0.05) is 17.6 Å². The van der Waals surface area contributed by atoms with Gasteiger partial charge in [0.2, 0.25) is 5.78 Å². The highest BCUT2D eigenvalue weighted by Crippen LogP contribution is 2.44. The number of hydrogen-bond donors (Lipinski definition) is 1.